The summed E-state index contributed by atoms with van der Waals surface area (Å²) in [6, 6.07) is 11.6. The molecule has 1 aromatic carbocycles. The summed E-state index contributed by atoms with van der Waals surface area (Å²) in [7, 11) is 2.97. The van der Waals surface area contributed by atoms with Crippen LogP contribution in [0.25, 0.3) is 6.08 Å². The molecule has 0 aliphatic rings. The summed E-state index contributed by atoms with van der Waals surface area (Å²) >= 11 is 1.56. The minimum absolute atomic E-state index is 0.266. The molecule has 2 aromatic heterocycles. The molecular weight excluding hydrogens is 374 g/mol. The average Bonchev–Trinajstić information content (AvgIpc) is 3.21. The summed E-state index contributed by atoms with van der Waals surface area (Å²) in [4.78, 5) is 37.5. The number of nitrogens with zero attached hydrogens (tertiary/aromatic N) is 2. The van der Waals surface area contributed by atoms with Crippen LogP contribution in [0.5, 0.6) is 0 Å². The third-order valence-corrected chi connectivity index (χ3v) is 5.35. The maximum Gasteiger partial charge on any atom is 0.330 e. The lowest BCUT2D eigenvalue weighted by Gasteiger charge is -2.17. The zero-order valence-electron chi connectivity index (χ0n) is 15.9. The average molecular weight is 395 g/mol. The lowest BCUT2D eigenvalue weighted by atomic mass is 10.0. The van der Waals surface area contributed by atoms with E-state index in [1.165, 1.54) is 30.0 Å². The number of thiophene rings is 1. The second-order valence-corrected chi connectivity index (χ2v) is 7.52. The van der Waals surface area contributed by atoms with Gasteiger partial charge in [0.1, 0.15) is 0 Å². The van der Waals surface area contributed by atoms with E-state index < -0.39 is 11.2 Å². The van der Waals surface area contributed by atoms with Gasteiger partial charge in [-0.15, -0.1) is 11.3 Å². The van der Waals surface area contributed by atoms with Crippen LogP contribution >= 0.6 is 11.3 Å². The Morgan fingerprint density at radius 2 is 1.86 bits per heavy atom. The molecule has 3 aromatic rings. The van der Waals surface area contributed by atoms with Crippen molar-refractivity contribution in [2.45, 2.75) is 13.0 Å². The monoisotopic (exact) mass is 395 g/mol. The van der Waals surface area contributed by atoms with Crippen LogP contribution in [-0.2, 0) is 18.9 Å². The number of hydrogen-bond acceptors (Lipinski definition) is 4. The molecule has 0 saturated carbocycles. The fourth-order valence-corrected chi connectivity index (χ4v) is 3.64. The third kappa shape index (κ3) is 4.20. The van der Waals surface area contributed by atoms with Crippen molar-refractivity contribution < 1.29 is 4.79 Å². The van der Waals surface area contributed by atoms with Crippen LogP contribution in [0, 0.1) is 6.92 Å². The molecule has 0 bridgehead atoms. The molecule has 0 radical (unpaired) electrons. The summed E-state index contributed by atoms with van der Waals surface area (Å²) in [5.74, 6) is -0.324. The van der Waals surface area contributed by atoms with Gasteiger partial charge < -0.3 is 9.88 Å². The number of benzene rings is 1. The van der Waals surface area contributed by atoms with Gasteiger partial charge >= 0.3 is 5.69 Å². The largest absolute Gasteiger partial charge is 0.341 e. The minimum atomic E-state index is -0.444. The SMILES string of the molecule is Cc1ccc([C@@H](NC(=O)/C=C/c2cn(C)c(=O)n(C)c2=O)c2cccs2)cc1. The molecular formula is C21H21N3O3S. The zero-order chi connectivity index (χ0) is 20.3. The number of aryl methyl sites for hydroxylation is 2. The number of nitrogens with one attached hydrogen (secondary N) is 1. The molecule has 6 nitrogen and oxygen atoms in total. The Hall–Kier alpha value is -3.19. The van der Waals surface area contributed by atoms with E-state index in [4.69, 9.17) is 0 Å². The topological polar surface area (TPSA) is 73.1 Å². The molecule has 1 N–H and O–H groups in total. The molecule has 0 spiro atoms. The van der Waals surface area contributed by atoms with Crippen LogP contribution < -0.4 is 16.6 Å². The van der Waals surface area contributed by atoms with Crippen molar-refractivity contribution >= 4 is 23.3 Å². The van der Waals surface area contributed by atoms with Gasteiger partial charge in [-0.05, 0) is 30.0 Å². The smallest absolute Gasteiger partial charge is 0.330 e. The fraction of sp³-hybridized carbons (Fsp3) is 0.190. The molecule has 0 saturated heterocycles. The lowest BCUT2D eigenvalue weighted by molar-refractivity contribution is -0.116. The van der Waals surface area contributed by atoms with Crippen molar-refractivity contribution in [3.8, 4) is 0 Å². The van der Waals surface area contributed by atoms with E-state index >= 15 is 0 Å². The first kappa shape index (κ1) is 19.6. The molecule has 0 unspecified atom stereocenters. The molecule has 0 fully saturated rings. The number of carbonyl (C=O) groups excluding carboxylic acids is 1. The Bertz CT molecular complexity index is 1120. The van der Waals surface area contributed by atoms with Gasteiger partial charge in [-0.2, -0.15) is 0 Å². The minimum Gasteiger partial charge on any atom is -0.341 e. The van der Waals surface area contributed by atoms with Crippen LogP contribution in [0.4, 0.5) is 0 Å². The van der Waals surface area contributed by atoms with E-state index in [0.29, 0.717) is 0 Å². The van der Waals surface area contributed by atoms with Crippen molar-refractivity contribution in [1.82, 2.24) is 14.5 Å². The van der Waals surface area contributed by atoms with E-state index in [-0.39, 0.29) is 17.5 Å². The standard InChI is InChI=1S/C21H21N3O3S/c1-14-6-8-15(9-7-14)19(17-5-4-12-28-17)22-18(25)11-10-16-13-23(2)21(27)24(3)20(16)26/h4-13,19H,1-3H3,(H,22,25)/b11-10+/t19-/m1/s1. The molecule has 3 rings (SSSR count). The summed E-state index contributed by atoms with van der Waals surface area (Å²) in [6.45, 7) is 2.01. The molecule has 1 atom stereocenters. The second-order valence-electron chi connectivity index (χ2n) is 6.54. The van der Waals surface area contributed by atoms with E-state index in [9.17, 15) is 14.4 Å². The van der Waals surface area contributed by atoms with Gasteiger partial charge in [-0.3, -0.25) is 14.2 Å². The number of hydrogen-bond donors (Lipinski definition) is 1. The quantitative estimate of drug-likeness (QED) is 0.674. The van der Waals surface area contributed by atoms with Gasteiger partial charge in [0.2, 0.25) is 5.91 Å². The number of amides is 1. The third-order valence-electron chi connectivity index (χ3n) is 4.41. The molecule has 144 valence electrons. The van der Waals surface area contributed by atoms with Gasteiger partial charge in [-0.1, -0.05) is 35.9 Å². The summed E-state index contributed by atoms with van der Waals surface area (Å²) in [5.41, 5.74) is 1.53. The highest BCUT2D eigenvalue weighted by molar-refractivity contribution is 7.10. The van der Waals surface area contributed by atoms with E-state index in [2.05, 4.69) is 5.32 Å². The van der Waals surface area contributed by atoms with Gasteiger partial charge in [0.25, 0.3) is 5.56 Å². The molecule has 0 aliphatic heterocycles. The van der Waals surface area contributed by atoms with Crippen LogP contribution in [0.2, 0.25) is 0 Å². The molecule has 28 heavy (non-hydrogen) atoms. The molecule has 2 heterocycles. The van der Waals surface area contributed by atoms with Gasteiger partial charge in [0, 0.05) is 31.2 Å². The van der Waals surface area contributed by atoms with Gasteiger partial charge in [0.05, 0.1) is 11.6 Å². The number of rotatable bonds is 5. The molecule has 1 amide bonds. The summed E-state index contributed by atoms with van der Waals surface area (Å²) in [6.07, 6.45) is 4.17. The Balaban J connectivity index is 1.85. The maximum absolute atomic E-state index is 12.5. The Kier molecular flexibility index (Phi) is 5.75. The van der Waals surface area contributed by atoms with Crippen molar-refractivity contribution in [3.63, 3.8) is 0 Å². The first-order chi connectivity index (χ1) is 13.4. The van der Waals surface area contributed by atoms with Gasteiger partial charge in [0.15, 0.2) is 0 Å². The maximum atomic E-state index is 12.5. The highest BCUT2D eigenvalue weighted by Gasteiger charge is 2.17. The fourth-order valence-electron chi connectivity index (χ4n) is 2.84. The highest BCUT2D eigenvalue weighted by atomic mass is 32.1. The second kappa shape index (κ2) is 8.22. The number of carbonyl (C=O) groups is 1. The summed E-state index contributed by atoms with van der Waals surface area (Å²) in [5, 5.41) is 4.96. The number of aromatic nitrogens is 2. The van der Waals surface area contributed by atoms with E-state index in [1.54, 1.807) is 18.4 Å². The Morgan fingerprint density at radius 1 is 1.14 bits per heavy atom. The first-order valence-corrected chi connectivity index (χ1v) is 9.60. The lowest BCUT2D eigenvalue weighted by Crippen LogP contribution is -2.37. The zero-order valence-corrected chi connectivity index (χ0v) is 16.7. The van der Waals surface area contributed by atoms with Crippen LogP contribution in [0.1, 0.15) is 27.6 Å². The predicted octanol–water partition coefficient (Wildman–Crippen LogP) is 2.37. The summed E-state index contributed by atoms with van der Waals surface area (Å²) < 4.78 is 2.32. The van der Waals surface area contributed by atoms with E-state index in [0.717, 1.165) is 20.6 Å². The van der Waals surface area contributed by atoms with E-state index in [1.807, 2.05) is 48.7 Å². The van der Waals surface area contributed by atoms with Crippen molar-refractivity contribution in [2.75, 3.05) is 0 Å². The van der Waals surface area contributed by atoms with Crippen molar-refractivity contribution in [2.24, 2.45) is 14.1 Å². The van der Waals surface area contributed by atoms with Gasteiger partial charge in [-0.25, -0.2) is 4.79 Å². The molecule has 7 heteroatoms. The van der Waals surface area contributed by atoms with Crippen molar-refractivity contribution in [1.29, 1.82) is 0 Å². The van der Waals surface area contributed by atoms with Crippen molar-refractivity contribution in [3.05, 3.63) is 96.5 Å². The van der Waals surface area contributed by atoms with Crippen LogP contribution in [0.15, 0.2) is 63.6 Å². The predicted molar refractivity (Wildman–Crippen MR) is 111 cm³/mol. The molecule has 0 aliphatic carbocycles. The van der Waals surface area contributed by atoms with Crippen LogP contribution in [0.3, 0.4) is 0 Å². The normalized spacial score (nSPS) is 12.2. The first-order valence-electron chi connectivity index (χ1n) is 8.72. The highest BCUT2D eigenvalue weighted by Crippen LogP contribution is 2.26. The van der Waals surface area contributed by atoms with Crippen LogP contribution in [-0.4, -0.2) is 15.0 Å². The Labute approximate surface area is 166 Å². The Morgan fingerprint density at radius 3 is 2.50 bits per heavy atom.